The Morgan fingerprint density at radius 1 is 0.862 bits per heavy atom. The molecule has 0 radical (unpaired) electrons. The Morgan fingerprint density at radius 2 is 1.41 bits per heavy atom. The third-order valence-electron chi connectivity index (χ3n) is 4.49. The van der Waals surface area contributed by atoms with E-state index < -0.39 is 21.9 Å². The quantitative estimate of drug-likeness (QED) is 0.175. The van der Waals surface area contributed by atoms with Crippen LogP contribution < -0.4 is 11.2 Å². The molecule has 29 heavy (non-hydrogen) atoms. The Hall–Kier alpha value is -3.27. The first-order valence-corrected chi connectivity index (χ1v) is 10.0. The van der Waals surface area contributed by atoms with Gasteiger partial charge in [0.15, 0.2) is 0 Å². The van der Waals surface area contributed by atoms with Crippen LogP contribution in [0.15, 0.2) is 59.5 Å². The predicted octanol–water partition coefficient (Wildman–Crippen LogP) is 2.59. The van der Waals surface area contributed by atoms with E-state index in [-0.39, 0.29) is 17.7 Å². The van der Waals surface area contributed by atoms with Crippen LogP contribution in [0.5, 0.6) is 0 Å². The number of nitrogens with two attached hydrogens (primary N) is 1. The SMILES string of the molecule is NC(=O)CCC(=O)NO.O=S(=O)(O)c1ccc2ccc3cccc4ccc1c2c34. The van der Waals surface area contributed by atoms with Gasteiger partial charge < -0.3 is 5.73 Å². The lowest BCUT2D eigenvalue weighted by Gasteiger charge is -2.12. The van der Waals surface area contributed by atoms with Gasteiger partial charge in [-0.2, -0.15) is 8.42 Å². The number of benzene rings is 4. The predicted molar refractivity (Wildman–Crippen MR) is 108 cm³/mol. The molecule has 0 saturated carbocycles. The van der Waals surface area contributed by atoms with Crippen molar-refractivity contribution >= 4 is 54.2 Å². The molecule has 4 aromatic rings. The monoisotopic (exact) mass is 414 g/mol. The first kappa shape index (κ1) is 20.5. The van der Waals surface area contributed by atoms with Crippen molar-refractivity contribution in [3.8, 4) is 0 Å². The van der Waals surface area contributed by atoms with E-state index in [1.807, 2.05) is 36.4 Å². The molecule has 5 N–H and O–H groups in total. The van der Waals surface area contributed by atoms with Gasteiger partial charge in [-0.1, -0.05) is 48.5 Å². The van der Waals surface area contributed by atoms with Crippen LogP contribution >= 0.6 is 0 Å². The maximum atomic E-state index is 11.5. The molecule has 0 heterocycles. The van der Waals surface area contributed by atoms with Crippen molar-refractivity contribution in [1.29, 1.82) is 0 Å². The molecule has 9 heteroatoms. The van der Waals surface area contributed by atoms with E-state index >= 15 is 0 Å². The fraction of sp³-hybridized carbons (Fsp3) is 0.100. The first-order valence-electron chi connectivity index (χ1n) is 8.57. The smallest absolute Gasteiger partial charge is 0.295 e. The van der Waals surface area contributed by atoms with Crippen molar-refractivity contribution in [3.05, 3.63) is 54.6 Å². The van der Waals surface area contributed by atoms with Crippen molar-refractivity contribution in [3.63, 3.8) is 0 Å². The van der Waals surface area contributed by atoms with E-state index in [4.69, 9.17) is 10.9 Å². The fourth-order valence-electron chi connectivity index (χ4n) is 3.23. The average molecular weight is 414 g/mol. The molecule has 0 fully saturated rings. The summed E-state index contributed by atoms with van der Waals surface area (Å²) in [5.41, 5.74) is 6.07. The second-order valence-electron chi connectivity index (χ2n) is 6.40. The van der Waals surface area contributed by atoms with E-state index in [2.05, 4.69) is 0 Å². The number of hydroxylamine groups is 1. The second kappa shape index (κ2) is 8.00. The topological polar surface area (TPSA) is 147 Å². The van der Waals surface area contributed by atoms with Gasteiger partial charge >= 0.3 is 0 Å². The number of hydrogen-bond acceptors (Lipinski definition) is 5. The molecule has 0 aliphatic rings. The maximum Gasteiger partial charge on any atom is 0.295 e. The standard InChI is InChI=1S/C16H10O3S.C4H8N2O3/c17-20(18,19)14-9-7-12-5-4-10-2-1-3-11-6-8-13(14)16(12)15(10)11;5-3(7)1-2-4(8)6-9/h1-9H,(H,17,18,19);9H,1-2H2,(H2,5,7)(H,6,8). The molecule has 150 valence electrons. The lowest BCUT2D eigenvalue weighted by Crippen LogP contribution is -2.21. The number of carbonyl (C=O) groups is 2. The van der Waals surface area contributed by atoms with Crippen LogP contribution in [0.2, 0.25) is 0 Å². The van der Waals surface area contributed by atoms with Gasteiger partial charge in [-0.15, -0.1) is 0 Å². The molecule has 0 bridgehead atoms. The third kappa shape index (κ3) is 4.27. The van der Waals surface area contributed by atoms with E-state index in [0.717, 1.165) is 26.9 Å². The third-order valence-corrected chi connectivity index (χ3v) is 5.40. The molecule has 0 spiro atoms. The van der Waals surface area contributed by atoms with Gasteiger partial charge in [0.25, 0.3) is 10.1 Å². The normalized spacial score (nSPS) is 11.4. The number of nitrogens with one attached hydrogen (secondary N) is 1. The number of rotatable bonds is 4. The lowest BCUT2D eigenvalue weighted by molar-refractivity contribution is -0.131. The van der Waals surface area contributed by atoms with Crippen molar-refractivity contribution in [2.75, 3.05) is 0 Å². The molecule has 0 aliphatic carbocycles. The Labute approximate surface area is 166 Å². The molecule has 0 atom stereocenters. The minimum Gasteiger partial charge on any atom is -0.370 e. The zero-order valence-corrected chi connectivity index (χ0v) is 15.9. The number of amides is 2. The second-order valence-corrected chi connectivity index (χ2v) is 7.79. The zero-order valence-electron chi connectivity index (χ0n) is 15.1. The van der Waals surface area contributed by atoms with Crippen LogP contribution in [0.4, 0.5) is 0 Å². The Morgan fingerprint density at radius 3 is 1.97 bits per heavy atom. The number of primary amides is 1. The van der Waals surface area contributed by atoms with E-state index in [0.29, 0.717) is 5.39 Å². The summed E-state index contributed by atoms with van der Waals surface area (Å²) in [6.45, 7) is 0. The van der Waals surface area contributed by atoms with Gasteiger partial charge in [0.05, 0.1) is 0 Å². The maximum absolute atomic E-state index is 11.5. The number of carbonyl (C=O) groups excluding carboxylic acids is 2. The lowest BCUT2D eigenvalue weighted by atomic mass is 9.94. The highest BCUT2D eigenvalue weighted by molar-refractivity contribution is 7.86. The Bertz CT molecular complexity index is 1300. The molecular formula is C20H18N2O6S. The van der Waals surface area contributed by atoms with Crippen LogP contribution in [-0.4, -0.2) is 30.0 Å². The van der Waals surface area contributed by atoms with E-state index in [1.165, 1.54) is 11.5 Å². The van der Waals surface area contributed by atoms with Gasteiger partial charge in [0, 0.05) is 18.2 Å². The summed E-state index contributed by atoms with van der Waals surface area (Å²) < 4.78 is 32.5. The minimum absolute atomic E-state index is 0.0353. The van der Waals surface area contributed by atoms with Gasteiger partial charge in [0.2, 0.25) is 11.8 Å². The average Bonchev–Trinajstić information content (AvgIpc) is 2.69. The zero-order chi connectivity index (χ0) is 21.2. The Kier molecular flexibility index (Phi) is 5.64. The molecule has 4 aromatic carbocycles. The van der Waals surface area contributed by atoms with E-state index in [1.54, 1.807) is 12.1 Å². The molecule has 4 rings (SSSR count). The van der Waals surface area contributed by atoms with Gasteiger partial charge in [-0.3, -0.25) is 19.3 Å². The molecule has 0 unspecified atom stereocenters. The van der Waals surface area contributed by atoms with Crippen molar-refractivity contribution in [1.82, 2.24) is 5.48 Å². The van der Waals surface area contributed by atoms with Crippen molar-refractivity contribution in [2.24, 2.45) is 5.73 Å². The highest BCUT2D eigenvalue weighted by Gasteiger charge is 2.17. The fourth-order valence-corrected chi connectivity index (χ4v) is 3.91. The van der Waals surface area contributed by atoms with Crippen LogP contribution in [0, 0.1) is 0 Å². The summed E-state index contributed by atoms with van der Waals surface area (Å²) in [5.74, 6) is -1.16. The Balaban J connectivity index is 0.000000229. The highest BCUT2D eigenvalue weighted by atomic mass is 32.2. The van der Waals surface area contributed by atoms with Gasteiger partial charge in [0.1, 0.15) is 4.90 Å². The summed E-state index contributed by atoms with van der Waals surface area (Å²) in [5, 5.41) is 13.5. The molecule has 2 amide bonds. The molecule has 8 nitrogen and oxygen atoms in total. The van der Waals surface area contributed by atoms with Crippen LogP contribution in [0.3, 0.4) is 0 Å². The summed E-state index contributed by atoms with van der Waals surface area (Å²) in [6.07, 6.45) is -0.0990. The summed E-state index contributed by atoms with van der Waals surface area (Å²) in [6, 6.07) is 16.8. The minimum atomic E-state index is -4.23. The number of hydrogen-bond donors (Lipinski definition) is 4. The molecule has 0 aliphatic heterocycles. The molecule has 0 aromatic heterocycles. The van der Waals surface area contributed by atoms with Gasteiger partial charge in [-0.05, 0) is 33.0 Å². The van der Waals surface area contributed by atoms with Crippen LogP contribution in [-0.2, 0) is 19.7 Å². The first-order chi connectivity index (χ1) is 13.7. The largest absolute Gasteiger partial charge is 0.370 e. The summed E-state index contributed by atoms with van der Waals surface area (Å²) >= 11 is 0. The molecular weight excluding hydrogens is 396 g/mol. The summed E-state index contributed by atoms with van der Waals surface area (Å²) in [4.78, 5) is 20.1. The van der Waals surface area contributed by atoms with E-state index in [9.17, 15) is 22.6 Å². The van der Waals surface area contributed by atoms with Crippen molar-refractivity contribution in [2.45, 2.75) is 17.7 Å². The van der Waals surface area contributed by atoms with Gasteiger partial charge in [-0.25, -0.2) is 5.48 Å². The van der Waals surface area contributed by atoms with Crippen LogP contribution in [0.1, 0.15) is 12.8 Å². The van der Waals surface area contributed by atoms with Crippen LogP contribution in [0.25, 0.3) is 32.3 Å². The summed E-state index contributed by atoms with van der Waals surface area (Å²) in [7, 11) is -4.23. The van der Waals surface area contributed by atoms with Crippen molar-refractivity contribution < 1.29 is 27.8 Å². The molecule has 0 saturated heterocycles. The highest BCUT2D eigenvalue weighted by Crippen LogP contribution is 2.36.